The second-order valence-electron chi connectivity index (χ2n) is 5.58. The molecule has 4 heteroatoms. The Morgan fingerprint density at radius 2 is 2.25 bits per heavy atom. The third-order valence-corrected chi connectivity index (χ3v) is 4.97. The van der Waals surface area contributed by atoms with Crippen molar-refractivity contribution in [1.29, 1.82) is 0 Å². The van der Waals surface area contributed by atoms with Crippen molar-refractivity contribution in [3.63, 3.8) is 0 Å². The molecule has 3 nitrogen and oxygen atoms in total. The van der Waals surface area contributed by atoms with E-state index in [-0.39, 0.29) is 5.92 Å². The largest absolute Gasteiger partial charge is 0.342 e. The van der Waals surface area contributed by atoms with Crippen LogP contribution in [0.25, 0.3) is 0 Å². The number of halogens is 1. The molecule has 0 bridgehead atoms. The first-order valence-corrected chi connectivity index (χ1v) is 8.17. The Morgan fingerprint density at radius 3 is 2.85 bits per heavy atom. The van der Waals surface area contributed by atoms with Crippen LogP contribution < -0.4 is 5.73 Å². The van der Waals surface area contributed by atoms with Crippen molar-refractivity contribution in [3.8, 4) is 0 Å². The van der Waals surface area contributed by atoms with Gasteiger partial charge in [0.15, 0.2) is 0 Å². The molecule has 1 aromatic carbocycles. The van der Waals surface area contributed by atoms with Gasteiger partial charge < -0.3 is 10.6 Å². The molecule has 1 fully saturated rings. The zero-order chi connectivity index (χ0) is 14.5. The molecule has 1 saturated heterocycles. The smallest absolute Gasteiger partial charge is 0.226 e. The van der Waals surface area contributed by atoms with Gasteiger partial charge in [-0.3, -0.25) is 4.79 Å². The molecule has 1 aromatic rings. The molecule has 20 heavy (non-hydrogen) atoms. The maximum atomic E-state index is 12.6. The van der Waals surface area contributed by atoms with E-state index >= 15 is 0 Å². The monoisotopic (exact) mass is 338 g/mol. The lowest BCUT2D eigenvalue weighted by atomic mass is 9.95. The summed E-state index contributed by atoms with van der Waals surface area (Å²) in [5.41, 5.74) is 6.91. The maximum absolute atomic E-state index is 12.6. The van der Waals surface area contributed by atoms with Gasteiger partial charge in [-0.15, -0.1) is 0 Å². The lowest BCUT2D eigenvalue weighted by molar-refractivity contribution is -0.134. The summed E-state index contributed by atoms with van der Waals surface area (Å²) in [4.78, 5) is 14.6. The van der Waals surface area contributed by atoms with Crippen LogP contribution in [-0.2, 0) is 11.2 Å². The van der Waals surface area contributed by atoms with Crippen molar-refractivity contribution < 1.29 is 4.79 Å². The van der Waals surface area contributed by atoms with Gasteiger partial charge in [0.2, 0.25) is 5.91 Å². The number of likely N-dealkylation sites (tertiary alicyclic amines) is 1. The zero-order valence-electron chi connectivity index (χ0n) is 12.0. The first-order valence-electron chi connectivity index (χ1n) is 7.38. The predicted octanol–water partition coefficient (Wildman–Crippen LogP) is 2.83. The Hall–Kier alpha value is -0.870. The number of benzene rings is 1. The van der Waals surface area contributed by atoms with Gasteiger partial charge in [0.25, 0.3) is 0 Å². The molecule has 2 atom stereocenters. The van der Waals surface area contributed by atoms with E-state index in [0.717, 1.165) is 36.8 Å². The summed E-state index contributed by atoms with van der Waals surface area (Å²) >= 11 is 3.57. The van der Waals surface area contributed by atoms with Gasteiger partial charge in [-0.1, -0.05) is 41.1 Å². The van der Waals surface area contributed by atoms with Gasteiger partial charge in [0.1, 0.15) is 0 Å². The zero-order valence-corrected chi connectivity index (χ0v) is 13.6. The van der Waals surface area contributed by atoms with Crippen LogP contribution in [0.15, 0.2) is 28.7 Å². The lowest BCUT2D eigenvalue weighted by Gasteiger charge is -2.23. The molecule has 2 N–H and O–H groups in total. The van der Waals surface area contributed by atoms with E-state index in [1.54, 1.807) is 0 Å². The third kappa shape index (κ3) is 3.61. The molecule has 1 heterocycles. The summed E-state index contributed by atoms with van der Waals surface area (Å²) in [5.74, 6) is 0.851. The van der Waals surface area contributed by atoms with Crippen LogP contribution in [0.4, 0.5) is 0 Å². The number of carbonyl (C=O) groups is 1. The Balaban J connectivity index is 2.01. The van der Waals surface area contributed by atoms with Crippen molar-refractivity contribution >= 4 is 21.8 Å². The van der Waals surface area contributed by atoms with Gasteiger partial charge in [0.05, 0.1) is 0 Å². The van der Waals surface area contributed by atoms with Crippen LogP contribution in [0.3, 0.4) is 0 Å². The third-order valence-electron chi connectivity index (χ3n) is 4.20. The second-order valence-corrected chi connectivity index (χ2v) is 6.43. The van der Waals surface area contributed by atoms with Crippen molar-refractivity contribution in [2.45, 2.75) is 26.2 Å². The fraction of sp³-hybridized carbons (Fsp3) is 0.562. The number of rotatable bonds is 5. The number of hydrogen-bond acceptors (Lipinski definition) is 2. The van der Waals surface area contributed by atoms with Crippen molar-refractivity contribution in [2.24, 2.45) is 17.6 Å². The van der Waals surface area contributed by atoms with E-state index in [4.69, 9.17) is 5.73 Å². The highest BCUT2D eigenvalue weighted by Crippen LogP contribution is 2.24. The molecule has 2 rings (SSSR count). The summed E-state index contributed by atoms with van der Waals surface area (Å²) in [6.45, 7) is 4.48. The molecular formula is C16H23BrN2O. The molecule has 0 spiro atoms. The van der Waals surface area contributed by atoms with E-state index in [0.29, 0.717) is 18.4 Å². The standard InChI is InChI=1S/C16H23BrN2O/c1-2-13(9-14-5-3-4-6-15(14)17)16(20)19-8-7-12(10-18)11-19/h3-6,12-13H,2,7-11,18H2,1H3/t12-,13-/m0/s1. The minimum atomic E-state index is 0.0743. The number of nitrogens with two attached hydrogens (primary N) is 1. The van der Waals surface area contributed by atoms with Crippen LogP contribution in [0.2, 0.25) is 0 Å². The van der Waals surface area contributed by atoms with Crippen molar-refractivity contribution in [2.75, 3.05) is 19.6 Å². The predicted molar refractivity (Wildman–Crippen MR) is 85.4 cm³/mol. The number of hydrogen-bond donors (Lipinski definition) is 1. The van der Waals surface area contributed by atoms with E-state index in [1.807, 2.05) is 23.1 Å². The van der Waals surface area contributed by atoms with E-state index in [9.17, 15) is 4.79 Å². The Kier molecular flexibility index (Phi) is 5.61. The minimum Gasteiger partial charge on any atom is -0.342 e. The minimum absolute atomic E-state index is 0.0743. The average molecular weight is 339 g/mol. The van der Waals surface area contributed by atoms with Crippen molar-refractivity contribution in [1.82, 2.24) is 4.90 Å². The number of nitrogens with zero attached hydrogens (tertiary/aromatic N) is 1. The first kappa shape index (κ1) is 15.5. The first-order chi connectivity index (χ1) is 9.65. The molecular weight excluding hydrogens is 316 g/mol. The summed E-state index contributed by atoms with van der Waals surface area (Å²) in [6, 6.07) is 8.15. The van der Waals surface area contributed by atoms with Gasteiger partial charge in [-0.05, 0) is 43.4 Å². The molecule has 1 aliphatic rings. The van der Waals surface area contributed by atoms with Crippen LogP contribution in [0.1, 0.15) is 25.3 Å². The van der Waals surface area contributed by atoms with Crippen LogP contribution in [0.5, 0.6) is 0 Å². The molecule has 0 aromatic heterocycles. The maximum Gasteiger partial charge on any atom is 0.226 e. The summed E-state index contributed by atoms with van der Waals surface area (Å²) in [6.07, 6.45) is 2.73. The highest BCUT2D eigenvalue weighted by molar-refractivity contribution is 9.10. The van der Waals surface area contributed by atoms with Gasteiger partial charge in [0, 0.05) is 23.5 Å². The molecule has 0 unspecified atom stereocenters. The lowest BCUT2D eigenvalue weighted by Crippen LogP contribution is -2.35. The molecule has 0 saturated carbocycles. The van der Waals surface area contributed by atoms with Crippen LogP contribution in [-0.4, -0.2) is 30.4 Å². The quantitative estimate of drug-likeness (QED) is 0.897. The molecule has 1 aliphatic heterocycles. The topological polar surface area (TPSA) is 46.3 Å². The van der Waals surface area contributed by atoms with Gasteiger partial charge >= 0.3 is 0 Å². The highest BCUT2D eigenvalue weighted by atomic mass is 79.9. The molecule has 1 amide bonds. The van der Waals surface area contributed by atoms with Gasteiger partial charge in [-0.25, -0.2) is 0 Å². The van der Waals surface area contributed by atoms with E-state index in [1.165, 1.54) is 5.56 Å². The van der Waals surface area contributed by atoms with Crippen LogP contribution >= 0.6 is 15.9 Å². The Labute approximate surface area is 129 Å². The fourth-order valence-electron chi connectivity index (χ4n) is 2.82. The van der Waals surface area contributed by atoms with Gasteiger partial charge in [-0.2, -0.15) is 0 Å². The summed E-state index contributed by atoms with van der Waals surface area (Å²) in [5, 5.41) is 0. The van der Waals surface area contributed by atoms with Crippen LogP contribution in [0, 0.1) is 11.8 Å². The SMILES string of the molecule is CC[C@@H](Cc1ccccc1Br)C(=O)N1CC[C@@H](CN)C1. The average Bonchev–Trinajstić information content (AvgIpc) is 2.94. The number of amides is 1. The molecule has 0 radical (unpaired) electrons. The van der Waals surface area contributed by atoms with E-state index < -0.39 is 0 Å². The van der Waals surface area contributed by atoms with Crippen molar-refractivity contribution in [3.05, 3.63) is 34.3 Å². The Bertz CT molecular complexity index is 464. The Morgan fingerprint density at radius 1 is 1.50 bits per heavy atom. The second kappa shape index (κ2) is 7.23. The fourth-order valence-corrected chi connectivity index (χ4v) is 3.27. The summed E-state index contributed by atoms with van der Waals surface area (Å²) < 4.78 is 1.09. The van der Waals surface area contributed by atoms with E-state index in [2.05, 4.69) is 28.9 Å². The molecule has 110 valence electrons. The highest BCUT2D eigenvalue weighted by Gasteiger charge is 2.29. The molecule has 0 aliphatic carbocycles. The summed E-state index contributed by atoms with van der Waals surface area (Å²) in [7, 11) is 0. The number of carbonyl (C=O) groups excluding carboxylic acids is 1. The normalized spacial score (nSPS) is 20.1.